The largest absolute Gasteiger partial charge is 0.381 e. The van der Waals surface area contributed by atoms with Gasteiger partial charge in [0.25, 0.3) is 5.95 Å². The van der Waals surface area contributed by atoms with Crippen molar-refractivity contribution in [2.45, 2.75) is 57.4 Å². The van der Waals surface area contributed by atoms with Gasteiger partial charge in [0.2, 0.25) is 5.89 Å². The number of aromatic nitrogens is 4. The number of ether oxygens (including phenoxy) is 1. The van der Waals surface area contributed by atoms with Gasteiger partial charge in [-0.15, -0.1) is 0 Å². The monoisotopic (exact) mass is 431 g/mol. The van der Waals surface area contributed by atoms with Gasteiger partial charge in [0.15, 0.2) is 11.6 Å². The summed E-state index contributed by atoms with van der Waals surface area (Å²) in [6, 6.07) is 3.28. The van der Waals surface area contributed by atoms with E-state index < -0.39 is 11.6 Å². The molecule has 2 aliphatic heterocycles. The molecule has 4 heterocycles. The van der Waals surface area contributed by atoms with E-state index in [1.54, 1.807) is 6.07 Å². The Morgan fingerprint density at radius 2 is 1.81 bits per heavy atom. The predicted molar refractivity (Wildman–Crippen MR) is 110 cm³/mol. The third kappa shape index (κ3) is 3.74. The molecule has 0 atom stereocenters. The van der Waals surface area contributed by atoms with Crippen LogP contribution in [-0.2, 0) is 4.74 Å². The first kappa shape index (κ1) is 20.5. The molecule has 166 valence electrons. The zero-order valence-corrected chi connectivity index (χ0v) is 17.9. The minimum atomic E-state index is -0.951. The first-order valence-corrected chi connectivity index (χ1v) is 11.1. The van der Waals surface area contributed by atoms with Crippen molar-refractivity contribution in [3.63, 3.8) is 0 Å². The quantitative estimate of drug-likeness (QED) is 0.618. The maximum atomic E-state index is 14.7. The van der Waals surface area contributed by atoms with Crippen LogP contribution in [0.1, 0.15) is 63.0 Å². The van der Waals surface area contributed by atoms with Crippen LogP contribution in [0.3, 0.4) is 0 Å². The summed E-state index contributed by atoms with van der Waals surface area (Å²) >= 11 is 0. The number of nitrogens with zero attached hydrogens (tertiary/aromatic N) is 5. The van der Waals surface area contributed by atoms with Gasteiger partial charge in [-0.2, -0.15) is 14.8 Å². The molecular formula is C22H27F2N5O2. The molecule has 0 amide bonds. The van der Waals surface area contributed by atoms with Crippen molar-refractivity contribution in [3.05, 3.63) is 35.4 Å². The normalized spacial score (nSPS) is 19.6. The van der Waals surface area contributed by atoms with Crippen LogP contribution >= 0.6 is 0 Å². The highest BCUT2D eigenvalue weighted by atomic mass is 19.2. The van der Waals surface area contributed by atoms with Crippen molar-refractivity contribution in [3.8, 4) is 5.95 Å². The standard InChI is InChI=1S/C22H27F2N5O2/c1-13(2)19-16-3-4-17(23)18(24)20(16)29(26-19)22-25-21(31-27-22)14-5-9-28(10-6-14)15-7-11-30-12-8-15/h3-4,13-15H,5-12H2,1-2H3. The molecule has 0 radical (unpaired) electrons. The van der Waals surface area contributed by atoms with Gasteiger partial charge in [0.1, 0.15) is 5.52 Å². The Labute approximate surface area is 179 Å². The number of piperidine rings is 1. The summed E-state index contributed by atoms with van der Waals surface area (Å²) in [6.07, 6.45) is 4.03. The van der Waals surface area contributed by atoms with E-state index in [9.17, 15) is 8.78 Å². The van der Waals surface area contributed by atoms with E-state index in [1.165, 1.54) is 4.68 Å². The summed E-state index contributed by atoms with van der Waals surface area (Å²) in [5.41, 5.74) is 0.718. The molecule has 0 saturated carbocycles. The Bertz CT molecular complexity index is 1070. The van der Waals surface area contributed by atoms with Crippen LogP contribution in [-0.4, -0.2) is 57.2 Å². The predicted octanol–water partition coefficient (Wildman–Crippen LogP) is 4.17. The van der Waals surface area contributed by atoms with Gasteiger partial charge >= 0.3 is 0 Å². The van der Waals surface area contributed by atoms with Crippen LogP contribution < -0.4 is 0 Å². The van der Waals surface area contributed by atoms with E-state index in [-0.39, 0.29) is 23.3 Å². The molecule has 7 nitrogen and oxygen atoms in total. The Balaban J connectivity index is 1.39. The van der Waals surface area contributed by atoms with E-state index in [0.717, 1.165) is 58.1 Å². The van der Waals surface area contributed by atoms with Crippen LogP contribution in [0.5, 0.6) is 0 Å². The van der Waals surface area contributed by atoms with E-state index in [2.05, 4.69) is 20.1 Å². The molecule has 0 spiro atoms. The minimum absolute atomic E-state index is 0.0366. The molecule has 0 aliphatic carbocycles. The first-order valence-electron chi connectivity index (χ1n) is 11.1. The molecule has 0 N–H and O–H groups in total. The lowest BCUT2D eigenvalue weighted by molar-refractivity contribution is 0.0239. The second-order valence-corrected chi connectivity index (χ2v) is 8.80. The summed E-state index contributed by atoms with van der Waals surface area (Å²) in [7, 11) is 0. The fourth-order valence-electron chi connectivity index (χ4n) is 4.78. The third-order valence-corrected chi connectivity index (χ3v) is 6.52. The minimum Gasteiger partial charge on any atom is -0.381 e. The molecule has 31 heavy (non-hydrogen) atoms. The SMILES string of the molecule is CC(C)c1nn(-c2noc(C3CCN(C4CCOCC4)CC3)n2)c2c(F)c(F)ccc12. The second-order valence-electron chi connectivity index (χ2n) is 8.80. The van der Waals surface area contributed by atoms with Gasteiger partial charge < -0.3 is 14.2 Å². The fraction of sp³-hybridized carbons (Fsp3) is 0.591. The van der Waals surface area contributed by atoms with E-state index >= 15 is 0 Å². The zero-order chi connectivity index (χ0) is 21.5. The van der Waals surface area contributed by atoms with E-state index in [4.69, 9.17) is 9.26 Å². The molecule has 9 heteroatoms. The molecule has 2 fully saturated rings. The first-order chi connectivity index (χ1) is 15.0. The van der Waals surface area contributed by atoms with Crippen molar-refractivity contribution in [2.75, 3.05) is 26.3 Å². The van der Waals surface area contributed by atoms with E-state index in [1.807, 2.05) is 13.8 Å². The van der Waals surface area contributed by atoms with Crippen molar-refractivity contribution in [1.29, 1.82) is 0 Å². The topological polar surface area (TPSA) is 69.2 Å². The lowest BCUT2D eigenvalue weighted by Crippen LogP contribution is -2.43. The number of halogens is 2. The van der Waals surface area contributed by atoms with Crippen LogP contribution in [0.4, 0.5) is 8.78 Å². The molecule has 2 aliphatic rings. The van der Waals surface area contributed by atoms with Crippen molar-refractivity contribution in [2.24, 2.45) is 0 Å². The molecule has 2 saturated heterocycles. The lowest BCUT2D eigenvalue weighted by atomic mass is 9.94. The molecule has 1 aromatic carbocycles. The number of benzene rings is 1. The number of hydrogen-bond acceptors (Lipinski definition) is 6. The fourth-order valence-corrected chi connectivity index (χ4v) is 4.78. The summed E-state index contributed by atoms with van der Waals surface area (Å²) < 4.78 is 40.9. The number of likely N-dealkylation sites (tertiary alicyclic amines) is 1. The number of fused-ring (bicyclic) bond motifs is 1. The number of hydrogen-bond donors (Lipinski definition) is 0. The summed E-state index contributed by atoms with van der Waals surface area (Å²) in [4.78, 5) is 7.06. The van der Waals surface area contributed by atoms with Crippen molar-refractivity contribution < 1.29 is 18.0 Å². The number of rotatable bonds is 4. The maximum absolute atomic E-state index is 14.7. The molecule has 0 unspecified atom stereocenters. The molecule has 0 bridgehead atoms. The Kier molecular flexibility index (Phi) is 5.47. The van der Waals surface area contributed by atoms with Gasteiger partial charge in [0, 0.05) is 30.6 Å². The highest BCUT2D eigenvalue weighted by Crippen LogP contribution is 2.32. The highest BCUT2D eigenvalue weighted by molar-refractivity contribution is 5.84. The molecule has 3 aromatic rings. The van der Waals surface area contributed by atoms with Crippen molar-refractivity contribution >= 4 is 10.9 Å². The average molecular weight is 431 g/mol. The van der Waals surface area contributed by atoms with Gasteiger partial charge in [-0.05, 0) is 62.0 Å². The molecular weight excluding hydrogens is 404 g/mol. The molecule has 2 aromatic heterocycles. The Hall–Kier alpha value is -2.39. The Morgan fingerprint density at radius 3 is 2.52 bits per heavy atom. The third-order valence-electron chi connectivity index (χ3n) is 6.52. The Morgan fingerprint density at radius 1 is 1.06 bits per heavy atom. The van der Waals surface area contributed by atoms with Crippen molar-refractivity contribution in [1.82, 2.24) is 24.8 Å². The average Bonchev–Trinajstić information content (AvgIpc) is 3.42. The zero-order valence-electron chi connectivity index (χ0n) is 17.9. The summed E-state index contributed by atoms with van der Waals surface area (Å²) in [6.45, 7) is 7.56. The van der Waals surface area contributed by atoms with Gasteiger partial charge in [-0.3, -0.25) is 0 Å². The van der Waals surface area contributed by atoms with Crippen LogP contribution in [0, 0.1) is 11.6 Å². The van der Waals surface area contributed by atoms with E-state index in [0.29, 0.717) is 23.0 Å². The van der Waals surface area contributed by atoms with Gasteiger partial charge in [-0.1, -0.05) is 13.8 Å². The lowest BCUT2D eigenvalue weighted by Gasteiger charge is -2.38. The highest BCUT2D eigenvalue weighted by Gasteiger charge is 2.30. The van der Waals surface area contributed by atoms with Crippen LogP contribution in [0.2, 0.25) is 0 Å². The maximum Gasteiger partial charge on any atom is 0.291 e. The second kappa shape index (κ2) is 8.27. The summed E-state index contributed by atoms with van der Waals surface area (Å²) in [5.74, 6) is -1.00. The van der Waals surface area contributed by atoms with Gasteiger partial charge in [-0.25, -0.2) is 8.78 Å². The van der Waals surface area contributed by atoms with Crippen LogP contribution in [0.15, 0.2) is 16.7 Å². The molecule has 5 rings (SSSR count). The summed E-state index contributed by atoms with van der Waals surface area (Å²) in [5, 5.41) is 9.12. The smallest absolute Gasteiger partial charge is 0.291 e. The van der Waals surface area contributed by atoms with Crippen LogP contribution in [0.25, 0.3) is 16.9 Å². The van der Waals surface area contributed by atoms with Gasteiger partial charge in [0.05, 0.1) is 5.69 Å².